The van der Waals surface area contributed by atoms with E-state index in [-0.39, 0.29) is 0 Å². The highest BCUT2D eigenvalue weighted by atomic mass is 32.1. The fourth-order valence-corrected chi connectivity index (χ4v) is 2.56. The number of furan rings is 1. The van der Waals surface area contributed by atoms with Gasteiger partial charge in [-0.2, -0.15) is 0 Å². The smallest absolute Gasteiger partial charge is 0.326 e. The van der Waals surface area contributed by atoms with E-state index in [9.17, 15) is 4.79 Å². The molecule has 0 amide bonds. The zero-order chi connectivity index (χ0) is 13.4. The highest BCUT2D eigenvalue weighted by Crippen LogP contribution is 2.30. The van der Waals surface area contributed by atoms with Crippen molar-refractivity contribution in [2.75, 3.05) is 0 Å². The molecule has 1 unspecified atom stereocenters. The maximum Gasteiger partial charge on any atom is 0.326 e. The van der Waals surface area contributed by atoms with Crippen LogP contribution < -0.4 is 5.73 Å². The Morgan fingerprint density at radius 3 is 2.95 bits per heavy atom. The Labute approximate surface area is 112 Å². The molecule has 0 aliphatic heterocycles. The predicted octanol–water partition coefficient (Wildman–Crippen LogP) is 2.64. The Bertz CT molecular complexity index is 714. The molecule has 0 saturated carbocycles. The fourth-order valence-electron chi connectivity index (χ4n) is 1.76. The standard InChI is InChI=1S/C13H10N2O3S/c14-11(13(16)17)8-6-19-12(15-8)10-5-7-3-1-2-4-9(7)18-10/h1-6,11H,14H2,(H,16,17). The zero-order valence-corrected chi connectivity index (χ0v) is 10.6. The van der Waals surface area contributed by atoms with Gasteiger partial charge in [0.15, 0.2) is 10.8 Å². The van der Waals surface area contributed by atoms with E-state index in [1.165, 1.54) is 11.3 Å². The molecule has 6 heteroatoms. The Morgan fingerprint density at radius 2 is 2.21 bits per heavy atom. The summed E-state index contributed by atoms with van der Waals surface area (Å²) >= 11 is 1.32. The van der Waals surface area contributed by atoms with Crippen LogP contribution in [0, 0.1) is 0 Å². The van der Waals surface area contributed by atoms with Crippen LogP contribution in [0.4, 0.5) is 0 Å². The lowest BCUT2D eigenvalue weighted by atomic mass is 10.2. The topological polar surface area (TPSA) is 89.4 Å². The predicted molar refractivity (Wildman–Crippen MR) is 71.9 cm³/mol. The molecule has 0 aliphatic rings. The van der Waals surface area contributed by atoms with E-state index < -0.39 is 12.0 Å². The molecule has 0 radical (unpaired) electrons. The van der Waals surface area contributed by atoms with Crippen molar-refractivity contribution in [3.8, 4) is 10.8 Å². The normalized spacial score (nSPS) is 12.7. The van der Waals surface area contributed by atoms with Crippen molar-refractivity contribution in [3.05, 3.63) is 41.4 Å². The van der Waals surface area contributed by atoms with Crippen LogP contribution in [0.3, 0.4) is 0 Å². The molecule has 1 aromatic carbocycles. The summed E-state index contributed by atoms with van der Waals surface area (Å²) in [6.07, 6.45) is 0. The number of nitrogens with zero attached hydrogens (tertiary/aromatic N) is 1. The van der Waals surface area contributed by atoms with Gasteiger partial charge in [-0.05, 0) is 12.1 Å². The molecular formula is C13H10N2O3S. The first kappa shape index (κ1) is 11.9. The molecule has 3 N–H and O–H groups in total. The maximum atomic E-state index is 10.8. The van der Waals surface area contributed by atoms with Crippen LogP contribution >= 0.6 is 11.3 Å². The third kappa shape index (κ3) is 2.11. The monoisotopic (exact) mass is 274 g/mol. The molecule has 3 aromatic rings. The van der Waals surface area contributed by atoms with Crippen LogP contribution in [0.1, 0.15) is 11.7 Å². The van der Waals surface area contributed by atoms with Crippen LogP contribution in [-0.2, 0) is 4.79 Å². The average Bonchev–Trinajstić information content (AvgIpc) is 3.03. The first-order valence-electron chi connectivity index (χ1n) is 5.58. The lowest BCUT2D eigenvalue weighted by Gasteiger charge is -1.99. The Balaban J connectivity index is 2.00. The minimum Gasteiger partial charge on any atom is -0.480 e. The van der Waals surface area contributed by atoms with Gasteiger partial charge in [0, 0.05) is 10.8 Å². The van der Waals surface area contributed by atoms with Gasteiger partial charge in [0.05, 0.1) is 5.69 Å². The molecule has 0 aliphatic carbocycles. The average molecular weight is 274 g/mol. The quantitative estimate of drug-likeness (QED) is 0.766. The van der Waals surface area contributed by atoms with E-state index in [0.717, 1.165) is 11.0 Å². The second-order valence-electron chi connectivity index (χ2n) is 4.04. The molecule has 96 valence electrons. The van der Waals surface area contributed by atoms with E-state index in [1.807, 2.05) is 30.3 Å². The van der Waals surface area contributed by atoms with E-state index in [4.69, 9.17) is 15.3 Å². The van der Waals surface area contributed by atoms with Crippen LogP contribution in [0.5, 0.6) is 0 Å². The zero-order valence-electron chi connectivity index (χ0n) is 9.74. The number of aliphatic carboxylic acids is 1. The molecule has 2 aromatic heterocycles. The molecule has 0 spiro atoms. The van der Waals surface area contributed by atoms with Gasteiger partial charge in [0.2, 0.25) is 0 Å². The molecular weight excluding hydrogens is 264 g/mol. The van der Waals surface area contributed by atoms with Gasteiger partial charge in [-0.25, -0.2) is 4.98 Å². The lowest BCUT2D eigenvalue weighted by molar-refractivity contribution is -0.138. The fraction of sp³-hybridized carbons (Fsp3) is 0.0769. The van der Waals surface area contributed by atoms with Crippen molar-refractivity contribution in [1.29, 1.82) is 0 Å². The second-order valence-corrected chi connectivity index (χ2v) is 4.90. The van der Waals surface area contributed by atoms with Crippen LogP contribution in [0.2, 0.25) is 0 Å². The van der Waals surface area contributed by atoms with Crippen molar-refractivity contribution in [3.63, 3.8) is 0 Å². The van der Waals surface area contributed by atoms with Gasteiger partial charge < -0.3 is 15.3 Å². The molecule has 1 atom stereocenters. The number of aromatic nitrogens is 1. The number of thiazole rings is 1. The van der Waals surface area contributed by atoms with E-state index in [1.54, 1.807) is 5.38 Å². The van der Waals surface area contributed by atoms with Gasteiger partial charge in [-0.1, -0.05) is 18.2 Å². The number of carboxylic acid groups (broad SMARTS) is 1. The summed E-state index contributed by atoms with van der Waals surface area (Å²) in [4.78, 5) is 15.0. The largest absolute Gasteiger partial charge is 0.480 e. The number of carbonyl (C=O) groups is 1. The number of carboxylic acids is 1. The van der Waals surface area contributed by atoms with Crippen molar-refractivity contribution in [1.82, 2.24) is 4.98 Å². The minimum absolute atomic E-state index is 0.341. The molecule has 0 saturated heterocycles. The summed E-state index contributed by atoms with van der Waals surface area (Å²) < 4.78 is 5.67. The Hall–Kier alpha value is -2.18. The summed E-state index contributed by atoms with van der Waals surface area (Å²) in [7, 11) is 0. The molecule has 3 rings (SSSR count). The highest BCUT2D eigenvalue weighted by Gasteiger charge is 2.19. The van der Waals surface area contributed by atoms with E-state index in [2.05, 4.69) is 4.98 Å². The summed E-state index contributed by atoms with van der Waals surface area (Å²) in [5, 5.41) is 12.1. The van der Waals surface area contributed by atoms with Crippen molar-refractivity contribution >= 4 is 28.3 Å². The van der Waals surface area contributed by atoms with Crippen LogP contribution in [0.25, 0.3) is 21.7 Å². The first-order valence-corrected chi connectivity index (χ1v) is 6.46. The van der Waals surface area contributed by atoms with Gasteiger partial charge in [-0.15, -0.1) is 11.3 Å². The van der Waals surface area contributed by atoms with Crippen molar-refractivity contribution < 1.29 is 14.3 Å². The second kappa shape index (κ2) is 4.49. The Kier molecular flexibility index (Phi) is 2.81. The minimum atomic E-state index is -1.10. The number of fused-ring (bicyclic) bond motifs is 1. The number of hydrogen-bond acceptors (Lipinski definition) is 5. The molecule has 0 fully saturated rings. The van der Waals surface area contributed by atoms with E-state index in [0.29, 0.717) is 16.5 Å². The number of nitrogens with two attached hydrogens (primary N) is 1. The third-order valence-electron chi connectivity index (χ3n) is 2.74. The van der Waals surface area contributed by atoms with Gasteiger partial charge in [0.1, 0.15) is 11.6 Å². The number of para-hydroxylation sites is 1. The first-order chi connectivity index (χ1) is 9.15. The number of benzene rings is 1. The molecule has 0 bridgehead atoms. The highest BCUT2D eigenvalue weighted by molar-refractivity contribution is 7.13. The van der Waals surface area contributed by atoms with Crippen molar-refractivity contribution in [2.45, 2.75) is 6.04 Å². The van der Waals surface area contributed by atoms with Gasteiger partial charge in [0.25, 0.3) is 0 Å². The van der Waals surface area contributed by atoms with E-state index >= 15 is 0 Å². The SMILES string of the molecule is NC(C(=O)O)c1csc(-c2cc3ccccc3o2)n1. The van der Waals surface area contributed by atoms with Gasteiger partial charge in [-0.3, -0.25) is 4.79 Å². The Morgan fingerprint density at radius 1 is 1.42 bits per heavy atom. The van der Waals surface area contributed by atoms with Crippen LogP contribution in [-0.4, -0.2) is 16.1 Å². The summed E-state index contributed by atoms with van der Waals surface area (Å²) in [5.41, 5.74) is 6.63. The molecule has 5 nitrogen and oxygen atoms in total. The van der Waals surface area contributed by atoms with Gasteiger partial charge >= 0.3 is 5.97 Å². The third-order valence-corrected chi connectivity index (χ3v) is 3.62. The molecule has 2 heterocycles. The summed E-state index contributed by atoms with van der Waals surface area (Å²) in [6.45, 7) is 0. The summed E-state index contributed by atoms with van der Waals surface area (Å²) in [5.74, 6) is -0.475. The summed E-state index contributed by atoms with van der Waals surface area (Å²) in [6, 6.07) is 8.41. The number of rotatable bonds is 3. The lowest BCUT2D eigenvalue weighted by Crippen LogP contribution is -2.20. The van der Waals surface area contributed by atoms with Crippen LogP contribution in [0.15, 0.2) is 40.1 Å². The maximum absolute atomic E-state index is 10.8. The van der Waals surface area contributed by atoms with Crippen molar-refractivity contribution in [2.24, 2.45) is 5.73 Å². The molecule has 19 heavy (non-hydrogen) atoms. The number of hydrogen-bond donors (Lipinski definition) is 2.